The normalized spacial score (nSPS) is 10.7. The van der Waals surface area contributed by atoms with Crippen molar-refractivity contribution in [2.24, 2.45) is 5.92 Å². The van der Waals surface area contributed by atoms with E-state index < -0.39 is 0 Å². The molecule has 0 atom stereocenters. The maximum absolute atomic E-state index is 4.44. The minimum absolute atomic E-state index is 0.619. The first-order valence-corrected chi connectivity index (χ1v) is 6.18. The molecule has 15 heavy (non-hydrogen) atoms. The van der Waals surface area contributed by atoms with Gasteiger partial charge in [0.05, 0.1) is 0 Å². The van der Waals surface area contributed by atoms with Crippen molar-refractivity contribution in [2.75, 3.05) is 11.9 Å². The van der Waals surface area contributed by atoms with Crippen LogP contribution in [0.2, 0.25) is 0 Å². The van der Waals surface area contributed by atoms with Crippen molar-refractivity contribution in [3.8, 4) is 0 Å². The fourth-order valence-electron chi connectivity index (χ4n) is 1.20. The Balaban J connectivity index is 2.70. The maximum Gasteiger partial charge on any atom is 0.132 e. The van der Waals surface area contributed by atoms with Crippen LogP contribution < -0.4 is 5.32 Å². The van der Waals surface area contributed by atoms with Gasteiger partial charge in [0.2, 0.25) is 0 Å². The zero-order valence-electron chi connectivity index (χ0n) is 9.55. The second-order valence-electron chi connectivity index (χ2n) is 4.02. The highest BCUT2D eigenvalue weighted by molar-refractivity contribution is 9.10. The average Bonchev–Trinajstić information content (AvgIpc) is 2.14. The first kappa shape index (κ1) is 12.4. The molecule has 0 bridgehead atoms. The van der Waals surface area contributed by atoms with E-state index in [9.17, 15) is 0 Å². The van der Waals surface area contributed by atoms with Gasteiger partial charge in [-0.3, -0.25) is 0 Å². The fourth-order valence-corrected chi connectivity index (χ4v) is 1.62. The Morgan fingerprint density at radius 3 is 2.73 bits per heavy atom. The molecule has 0 saturated carbocycles. The molecule has 0 aliphatic rings. The summed E-state index contributed by atoms with van der Waals surface area (Å²) in [5.41, 5.74) is 0. The standard InChI is InChI=1S/C11H18BrN3/c1-4-5-10-14-9(12)6-11(15-10)13-7-8(2)3/h6,8H,4-5,7H2,1-3H3,(H,13,14,15). The first-order valence-electron chi connectivity index (χ1n) is 5.39. The van der Waals surface area contributed by atoms with Gasteiger partial charge in [-0.25, -0.2) is 9.97 Å². The summed E-state index contributed by atoms with van der Waals surface area (Å²) in [7, 11) is 0. The summed E-state index contributed by atoms with van der Waals surface area (Å²) >= 11 is 3.40. The molecule has 1 N–H and O–H groups in total. The van der Waals surface area contributed by atoms with Gasteiger partial charge in [0.15, 0.2) is 0 Å². The van der Waals surface area contributed by atoms with Crippen molar-refractivity contribution in [3.05, 3.63) is 16.5 Å². The monoisotopic (exact) mass is 271 g/mol. The van der Waals surface area contributed by atoms with E-state index in [-0.39, 0.29) is 0 Å². The van der Waals surface area contributed by atoms with Crippen LogP contribution in [0, 0.1) is 5.92 Å². The second-order valence-corrected chi connectivity index (χ2v) is 4.83. The summed E-state index contributed by atoms with van der Waals surface area (Å²) in [6.45, 7) is 7.42. The number of aryl methyl sites for hydroxylation is 1. The zero-order chi connectivity index (χ0) is 11.3. The summed E-state index contributed by atoms with van der Waals surface area (Å²) < 4.78 is 0.854. The number of rotatable bonds is 5. The van der Waals surface area contributed by atoms with E-state index in [4.69, 9.17) is 0 Å². The number of aromatic nitrogens is 2. The molecule has 0 amide bonds. The summed E-state index contributed by atoms with van der Waals surface area (Å²) in [5, 5.41) is 3.30. The Kier molecular flexibility index (Phi) is 5.02. The first-order chi connectivity index (χ1) is 7.11. The molecular formula is C11H18BrN3. The average molecular weight is 272 g/mol. The molecule has 84 valence electrons. The Morgan fingerprint density at radius 1 is 1.40 bits per heavy atom. The highest BCUT2D eigenvalue weighted by Crippen LogP contribution is 2.13. The van der Waals surface area contributed by atoms with E-state index in [1.165, 1.54) is 0 Å². The fraction of sp³-hybridized carbons (Fsp3) is 0.636. The van der Waals surface area contributed by atoms with Crippen LogP contribution in [0.1, 0.15) is 33.0 Å². The minimum atomic E-state index is 0.619. The van der Waals surface area contributed by atoms with Gasteiger partial charge in [0.1, 0.15) is 16.2 Å². The lowest BCUT2D eigenvalue weighted by atomic mass is 10.2. The molecule has 0 aliphatic carbocycles. The van der Waals surface area contributed by atoms with Crippen molar-refractivity contribution >= 4 is 21.7 Å². The Hall–Kier alpha value is -0.640. The summed E-state index contributed by atoms with van der Waals surface area (Å²) in [6, 6.07) is 1.92. The molecule has 1 rings (SSSR count). The Morgan fingerprint density at radius 2 is 2.13 bits per heavy atom. The van der Waals surface area contributed by atoms with Crippen LogP contribution in [-0.2, 0) is 6.42 Å². The van der Waals surface area contributed by atoms with Crippen molar-refractivity contribution in [3.63, 3.8) is 0 Å². The smallest absolute Gasteiger partial charge is 0.132 e. The third kappa shape index (κ3) is 4.60. The lowest BCUT2D eigenvalue weighted by molar-refractivity contribution is 0.685. The van der Waals surface area contributed by atoms with E-state index >= 15 is 0 Å². The van der Waals surface area contributed by atoms with Crippen LogP contribution >= 0.6 is 15.9 Å². The maximum atomic E-state index is 4.44. The zero-order valence-corrected chi connectivity index (χ0v) is 11.1. The highest BCUT2D eigenvalue weighted by atomic mass is 79.9. The van der Waals surface area contributed by atoms with Crippen molar-refractivity contribution < 1.29 is 0 Å². The molecule has 0 saturated heterocycles. The Labute approximate surface area is 99.8 Å². The van der Waals surface area contributed by atoms with Gasteiger partial charge in [-0.05, 0) is 28.3 Å². The molecule has 1 aromatic rings. The lowest BCUT2D eigenvalue weighted by Crippen LogP contribution is -2.10. The van der Waals surface area contributed by atoms with E-state index in [1.807, 2.05) is 6.07 Å². The topological polar surface area (TPSA) is 37.8 Å². The van der Waals surface area contributed by atoms with Crippen molar-refractivity contribution in [2.45, 2.75) is 33.6 Å². The van der Waals surface area contributed by atoms with Crippen LogP contribution in [0.5, 0.6) is 0 Å². The predicted octanol–water partition coefficient (Wildman–Crippen LogP) is 3.26. The molecule has 0 aliphatic heterocycles. The number of hydrogen-bond donors (Lipinski definition) is 1. The van der Waals surface area contributed by atoms with Crippen LogP contribution in [0.25, 0.3) is 0 Å². The molecule has 1 aromatic heterocycles. The molecule has 0 spiro atoms. The number of hydrogen-bond acceptors (Lipinski definition) is 3. The number of nitrogens with zero attached hydrogens (tertiary/aromatic N) is 2. The summed E-state index contributed by atoms with van der Waals surface area (Å²) in [4.78, 5) is 8.76. The molecule has 3 nitrogen and oxygen atoms in total. The van der Waals surface area contributed by atoms with Crippen molar-refractivity contribution in [1.29, 1.82) is 0 Å². The number of halogens is 1. The van der Waals surface area contributed by atoms with E-state index in [1.54, 1.807) is 0 Å². The minimum Gasteiger partial charge on any atom is -0.370 e. The number of anilines is 1. The van der Waals surface area contributed by atoms with E-state index in [0.717, 1.165) is 35.6 Å². The van der Waals surface area contributed by atoms with Gasteiger partial charge >= 0.3 is 0 Å². The van der Waals surface area contributed by atoms with Crippen LogP contribution in [0.3, 0.4) is 0 Å². The van der Waals surface area contributed by atoms with Crippen LogP contribution in [0.15, 0.2) is 10.7 Å². The third-order valence-electron chi connectivity index (χ3n) is 1.91. The van der Waals surface area contributed by atoms with E-state index in [2.05, 4.69) is 52.0 Å². The second kappa shape index (κ2) is 6.05. The summed E-state index contributed by atoms with van der Waals surface area (Å²) in [6.07, 6.45) is 2.00. The van der Waals surface area contributed by atoms with Gasteiger partial charge in [0.25, 0.3) is 0 Å². The van der Waals surface area contributed by atoms with Gasteiger partial charge in [-0.2, -0.15) is 0 Å². The predicted molar refractivity (Wildman–Crippen MR) is 67.1 cm³/mol. The molecule has 0 aromatic carbocycles. The molecule has 1 heterocycles. The van der Waals surface area contributed by atoms with Gasteiger partial charge in [-0.15, -0.1) is 0 Å². The van der Waals surface area contributed by atoms with Gasteiger partial charge < -0.3 is 5.32 Å². The molecule has 0 unspecified atom stereocenters. The molecule has 4 heteroatoms. The lowest BCUT2D eigenvalue weighted by Gasteiger charge is -2.09. The SMILES string of the molecule is CCCc1nc(Br)cc(NCC(C)C)n1. The molecule has 0 fully saturated rings. The largest absolute Gasteiger partial charge is 0.370 e. The molecule has 0 radical (unpaired) electrons. The van der Waals surface area contributed by atoms with E-state index in [0.29, 0.717) is 5.92 Å². The third-order valence-corrected chi connectivity index (χ3v) is 2.31. The van der Waals surface area contributed by atoms with Gasteiger partial charge in [0, 0.05) is 19.0 Å². The van der Waals surface area contributed by atoms with Crippen LogP contribution in [0.4, 0.5) is 5.82 Å². The quantitative estimate of drug-likeness (QED) is 0.836. The van der Waals surface area contributed by atoms with Crippen LogP contribution in [-0.4, -0.2) is 16.5 Å². The molecular weight excluding hydrogens is 254 g/mol. The number of nitrogens with one attached hydrogen (secondary N) is 1. The Bertz CT molecular complexity index is 313. The summed E-state index contributed by atoms with van der Waals surface area (Å²) in [5.74, 6) is 2.43. The van der Waals surface area contributed by atoms with Crippen molar-refractivity contribution in [1.82, 2.24) is 9.97 Å². The van der Waals surface area contributed by atoms with Gasteiger partial charge in [-0.1, -0.05) is 20.8 Å². The highest BCUT2D eigenvalue weighted by Gasteiger charge is 2.02.